The molecule has 4 N–H and O–H groups in total. The molecule has 0 aliphatic rings. The second-order valence-electron chi connectivity index (χ2n) is 4.79. The number of benzene rings is 2. The quantitative estimate of drug-likeness (QED) is 0.234. The van der Waals surface area contributed by atoms with E-state index in [2.05, 4.69) is 91.5 Å². The molecule has 0 radical (unpaired) electrons. The molecule has 0 aromatic heterocycles. The van der Waals surface area contributed by atoms with Gasteiger partial charge in [-0.2, -0.15) is 0 Å². The molecule has 2 aromatic carbocycles. The summed E-state index contributed by atoms with van der Waals surface area (Å²) in [5.41, 5.74) is 11.9. The largest absolute Gasteiger partial charge is 0.385 e. The van der Waals surface area contributed by atoms with Crippen molar-refractivity contribution in [2.75, 3.05) is 0 Å². The normalized spacial score (nSPS) is 8.56. The van der Waals surface area contributed by atoms with Crippen molar-refractivity contribution in [1.29, 1.82) is 0 Å². The van der Waals surface area contributed by atoms with E-state index < -0.39 is 0 Å². The van der Waals surface area contributed by atoms with E-state index in [0.717, 1.165) is 13.1 Å². The summed E-state index contributed by atoms with van der Waals surface area (Å²) in [5.74, 6) is 0. The molecule has 0 fully saturated rings. The topological polar surface area (TPSA) is 55.3 Å². The van der Waals surface area contributed by atoms with Crippen LogP contribution in [-0.2, 0) is 32.6 Å². The fourth-order valence-corrected chi connectivity index (χ4v) is 2.07. The van der Waals surface area contributed by atoms with Crippen LogP contribution in [-0.4, -0.2) is 17.9 Å². The van der Waals surface area contributed by atoms with Crippen LogP contribution in [0.4, 0.5) is 0 Å². The molecule has 0 spiro atoms. The molecule has 2 aromatic rings. The van der Waals surface area contributed by atoms with Crippen molar-refractivity contribution in [3.8, 4) is 0 Å². The number of thiol groups is 3. The van der Waals surface area contributed by atoms with Crippen LogP contribution in [0.15, 0.2) is 60.7 Å². The van der Waals surface area contributed by atoms with Crippen LogP contribution in [0.3, 0.4) is 0 Å². The zero-order valence-corrected chi connectivity index (χ0v) is 22.7. The Morgan fingerprint density at radius 3 is 1.19 bits per heavy atom. The van der Waals surface area contributed by atoms with Gasteiger partial charge >= 0.3 is 0 Å². The van der Waals surface area contributed by atoms with E-state index in [-0.39, 0.29) is 28.1 Å². The third-order valence-corrected chi connectivity index (χ3v) is 3.24. The number of hydrogen-bond donors (Lipinski definition) is 5. The van der Waals surface area contributed by atoms with Gasteiger partial charge in [-0.15, -0.1) is 37.9 Å². The summed E-state index contributed by atoms with van der Waals surface area (Å²) in [6.07, 6.45) is 0. The van der Waals surface area contributed by atoms with Crippen LogP contribution < -0.4 is 11.5 Å². The van der Waals surface area contributed by atoms with Crippen LogP contribution in [0.5, 0.6) is 0 Å². The second kappa shape index (κ2) is 17.9. The molecule has 0 unspecified atom stereocenters. The molecule has 27 heavy (non-hydrogen) atoms. The van der Waals surface area contributed by atoms with Crippen LogP contribution in [0, 0.1) is 0 Å². The summed E-state index contributed by atoms with van der Waals surface area (Å²) in [6.45, 7) is 1.58. The molecule has 0 bridgehead atoms. The number of nitrogens with two attached hydrogens (primary N) is 2. The Labute approximate surface area is 206 Å². The number of rotatable bonds is 4. The van der Waals surface area contributed by atoms with Crippen molar-refractivity contribution in [2.45, 2.75) is 13.1 Å². The van der Waals surface area contributed by atoms with Gasteiger partial charge in [0.1, 0.15) is 13.0 Å². The number of nitrogens with zero attached hydrogens (tertiary/aromatic N) is 1. The minimum atomic E-state index is 0. The fourth-order valence-electron chi connectivity index (χ4n) is 1.80. The van der Waals surface area contributed by atoms with Gasteiger partial charge in [-0.1, -0.05) is 97.3 Å². The number of hydrogen-bond acceptors (Lipinski definition) is 3. The van der Waals surface area contributed by atoms with Crippen molar-refractivity contribution in [2.24, 2.45) is 11.5 Å². The van der Waals surface area contributed by atoms with Crippen LogP contribution in [0.1, 0.15) is 11.1 Å². The first-order valence-corrected chi connectivity index (χ1v) is 9.81. The average Bonchev–Trinajstić information content (AvgIpc) is 2.55. The molecule has 3 nitrogen and oxygen atoms in total. The van der Waals surface area contributed by atoms with Crippen LogP contribution >= 0.6 is 74.5 Å². The van der Waals surface area contributed by atoms with E-state index in [1.807, 2.05) is 36.4 Å². The summed E-state index contributed by atoms with van der Waals surface area (Å²) in [6, 6.07) is 20.6. The van der Waals surface area contributed by atoms with Gasteiger partial charge in [0, 0.05) is 32.6 Å². The van der Waals surface area contributed by atoms with Gasteiger partial charge in [0.05, 0.1) is 0 Å². The molecule has 0 amide bonds. The van der Waals surface area contributed by atoms with Crippen molar-refractivity contribution in [3.63, 3.8) is 0 Å². The van der Waals surface area contributed by atoms with Gasteiger partial charge in [-0.25, -0.2) is 0 Å². The van der Waals surface area contributed by atoms with E-state index in [1.165, 1.54) is 11.1 Å². The summed E-state index contributed by atoms with van der Waals surface area (Å²) < 4.78 is 1.02. The van der Waals surface area contributed by atoms with Gasteiger partial charge < -0.3 is 16.4 Å². The van der Waals surface area contributed by atoms with Crippen LogP contribution in [0.2, 0.25) is 0 Å². The van der Waals surface area contributed by atoms with E-state index in [9.17, 15) is 0 Å². The van der Waals surface area contributed by atoms with Gasteiger partial charge in [0.2, 0.25) is 0 Å². The Bertz CT molecular complexity index is 624. The van der Waals surface area contributed by atoms with Crippen molar-refractivity contribution >= 4 is 87.5 Å². The summed E-state index contributed by atoms with van der Waals surface area (Å²) >= 11 is 24.8. The maximum Gasteiger partial charge on any atom is 0.133 e. The van der Waals surface area contributed by atoms with E-state index in [4.69, 9.17) is 23.7 Å². The Morgan fingerprint density at radius 1 is 0.704 bits per heavy atom. The zero-order chi connectivity index (χ0) is 19.9. The van der Waals surface area contributed by atoms with E-state index >= 15 is 0 Å². The molecule has 0 aliphatic heterocycles. The Kier molecular flexibility index (Phi) is 19.2. The molecule has 0 aliphatic carbocycles. The Hall–Kier alpha value is -0.217. The van der Waals surface area contributed by atoms with Gasteiger partial charge in [-0.3, -0.25) is 0 Å². The monoisotopic (exact) mass is 523 g/mol. The minimum Gasteiger partial charge on any atom is -0.385 e. The summed E-state index contributed by atoms with van der Waals surface area (Å²) in [7, 11) is 0. The minimum absolute atomic E-state index is 0. The predicted octanol–water partition coefficient (Wildman–Crippen LogP) is 4.22. The Balaban J connectivity index is 0. The molecule has 10 heteroatoms. The summed E-state index contributed by atoms with van der Waals surface area (Å²) in [4.78, 5) is 2.09. The van der Waals surface area contributed by atoms with Gasteiger partial charge in [0.25, 0.3) is 0 Å². The number of thiocarbonyl (C=S) groups is 3. The molecule has 2 rings (SSSR count). The maximum atomic E-state index is 5.21. The maximum absolute atomic E-state index is 5.21. The Morgan fingerprint density at radius 2 is 0.963 bits per heavy atom. The van der Waals surface area contributed by atoms with E-state index in [1.54, 1.807) is 0 Å². The van der Waals surface area contributed by atoms with Crippen molar-refractivity contribution < 1.29 is 19.5 Å². The van der Waals surface area contributed by atoms with Crippen molar-refractivity contribution in [1.82, 2.24) is 4.90 Å². The molecule has 0 saturated carbocycles. The molecular formula is C17H21N3S6Zn. The standard InChI is InChI=1S/C15H15NS2.2CH3NS2.Zn/c17-15(18)16(11-13-7-3-1-4-8-13)12-14-9-5-2-6-10-14;2*2-1(3)4;/h1-10H,11-12H2,(H,17,18);2*(H3,2,3,4);. The SMILES string of the molecule is NC(=S)S.NC(=S)S.S=C(S)N(Cc1ccccc1)Cc1ccccc1.[Zn]. The summed E-state index contributed by atoms with van der Waals surface area (Å²) in [5, 5.41) is 0. The average molecular weight is 525 g/mol. The predicted molar refractivity (Wildman–Crippen MR) is 135 cm³/mol. The molecule has 0 saturated heterocycles. The molecule has 142 valence electrons. The zero-order valence-electron chi connectivity index (χ0n) is 14.6. The third kappa shape index (κ3) is 18.9. The molecule has 0 atom stereocenters. The second-order valence-corrected chi connectivity index (χ2v) is 8.35. The smallest absolute Gasteiger partial charge is 0.133 e. The fraction of sp³-hybridized carbons (Fsp3) is 0.118. The van der Waals surface area contributed by atoms with E-state index in [0.29, 0.717) is 4.32 Å². The van der Waals surface area contributed by atoms with Gasteiger partial charge in [0.15, 0.2) is 0 Å². The first kappa shape index (κ1) is 29.0. The molecule has 0 heterocycles. The first-order chi connectivity index (χ1) is 12.2. The van der Waals surface area contributed by atoms with Gasteiger partial charge in [-0.05, 0) is 11.1 Å². The van der Waals surface area contributed by atoms with Crippen molar-refractivity contribution in [3.05, 3.63) is 71.8 Å². The first-order valence-electron chi connectivity index (χ1n) is 7.25. The van der Waals surface area contributed by atoms with Crippen LogP contribution in [0.25, 0.3) is 0 Å². The third-order valence-electron chi connectivity index (χ3n) is 2.70. The molecular weight excluding hydrogens is 504 g/mol.